The van der Waals surface area contributed by atoms with Crippen molar-refractivity contribution in [1.29, 1.82) is 0 Å². The summed E-state index contributed by atoms with van der Waals surface area (Å²) >= 11 is 3.50. The summed E-state index contributed by atoms with van der Waals surface area (Å²) in [6.45, 7) is 0.549. The van der Waals surface area contributed by atoms with Crippen molar-refractivity contribution in [3.8, 4) is 11.5 Å². The van der Waals surface area contributed by atoms with E-state index in [0.29, 0.717) is 18.6 Å². The number of rotatable bonds is 7. The van der Waals surface area contributed by atoms with Crippen molar-refractivity contribution < 1.29 is 14.6 Å². The lowest BCUT2D eigenvalue weighted by atomic mass is 10.1. The van der Waals surface area contributed by atoms with E-state index in [9.17, 15) is 9.90 Å². The number of aromatic hydroxyl groups is 1. The number of phenols is 1. The summed E-state index contributed by atoms with van der Waals surface area (Å²) in [5.41, 5.74) is 0.531. The molecule has 21 heavy (non-hydrogen) atoms. The van der Waals surface area contributed by atoms with E-state index in [1.807, 2.05) is 30.3 Å². The standard InChI is InChI=1S/C17H17BrO3/c18-14(9-10-21-16-7-2-1-3-8-16)12-17(20)13-5-4-6-15(19)11-13/h1-8,11,14,19H,9-10,12H2. The van der Waals surface area contributed by atoms with Crippen LogP contribution in [0.15, 0.2) is 54.6 Å². The van der Waals surface area contributed by atoms with E-state index >= 15 is 0 Å². The summed E-state index contributed by atoms with van der Waals surface area (Å²) in [6, 6.07) is 16.0. The Hall–Kier alpha value is -1.81. The number of carbonyl (C=O) groups is 1. The predicted octanol–water partition coefficient (Wildman–Crippen LogP) is 4.20. The molecule has 1 N–H and O–H groups in total. The number of phenolic OH excluding ortho intramolecular Hbond substituents is 1. The van der Waals surface area contributed by atoms with Crippen LogP contribution >= 0.6 is 15.9 Å². The second kappa shape index (κ2) is 7.84. The second-order valence-corrected chi connectivity index (χ2v) is 6.02. The zero-order chi connectivity index (χ0) is 15.1. The maximum absolute atomic E-state index is 12.1. The smallest absolute Gasteiger partial charge is 0.164 e. The van der Waals surface area contributed by atoms with Crippen LogP contribution in [0.2, 0.25) is 0 Å². The van der Waals surface area contributed by atoms with Gasteiger partial charge in [0.15, 0.2) is 5.78 Å². The molecule has 1 atom stereocenters. The number of para-hydroxylation sites is 1. The monoisotopic (exact) mass is 348 g/mol. The van der Waals surface area contributed by atoms with Gasteiger partial charge in [-0.25, -0.2) is 0 Å². The Labute approximate surface area is 132 Å². The van der Waals surface area contributed by atoms with Gasteiger partial charge in [0.2, 0.25) is 0 Å². The van der Waals surface area contributed by atoms with Crippen LogP contribution in [-0.2, 0) is 0 Å². The van der Waals surface area contributed by atoms with E-state index < -0.39 is 0 Å². The molecule has 0 heterocycles. The van der Waals surface area contributed by atoms with Crippen LogP contribution in [0.4, 0.5) is 0 Å². The van der Waals surface area contributed by atoms with Crippen LogP contribution in [0.5, 0.6) is 11.5 Å². The van der Waals surface area contributed by atoms with E-state index in [-0.39, 0.29) is 16.4 Å². The molecule has 2 rings (SSSR count). The number of alkyl halides is 1. The fourth-order valence-electron chi connectivity index (χ4n) is 1.92. The van der Waals surface area contributed by atoms with Crippen molar-refractivity contribution in [3.63, 3.8) is 0 Å². The average Bonchev–Trinajstić information content (AvgIpc) is 2.48. The van der Waals surface area contributed by atoms with Crippen LogP contribution < -0.4 is 4.74 Å². The van der Waals surface area contributed by atoms with Gasteiger partial charge in [0, 0.05) is 16.8 Å². The lowest BCUT2D eigenvalue weighted by Gasteiger charge is -2.10. The molecule has 0 saturated carbocycles. The average molecular weight is 349 g/mol. The van der Waals surface area contributed by atoms with Crippen LogP contribution in [0.1, 0.15) is 23.2 Å². The van der Waals surface area contributed by atoms with E-state index in [2.05, 4.69) is 15.9 Å². The van der Waals surface area contributed by atoms with E-state index in [1.165, 1.54) is 6.07 Å². The molecule has 2 aromatic rings. The molecule has 0 aliphatic carbocycles. The molecule has 4 heteroatoms. The highest BCUT2D eigenvalue weighted by Gasteiger charge is 2.13. The molecule has 0 aliphatic rings. The number of benzene rings is 2. The summed E-state index contributed by atoms with van der Waals surface area (Å²) in [5, 5.41) is 9.38. The van der Waals surface area contributed by atoms with Gasteiger partial charge in [-0.2, -0.15) is 0 Å². The Morgan fingerprint density at radius 3 is 2.62 bits per heavy atom. The van der Waals surface area contributed by atoms with Gasteiger partial charge in [-0.05, 0) is 30.7 Å². The lowest BCUT2D eigenvalue weighted by Crippen LogP contribution is -2.12. The molecule has 2 aromatic carbocycles. The van der Waals surface area contributed by atoms with Gasteiger partial charge in [-0.3, -0.25) is 4.79 Å². The fourth-order valence-corrected chi connectivity index (χ4v) is 2.40. The molecule has 1 unspecified atom stereocenters. The van der Waals surface area contributed by atoms with Crippen molar-refractivity contribution in [2.75, 3.05) is 6.61 Å². The Balaban J connectivity index is 1.76. The lowest BCUT2D eigenvalue weighted by molar-refractivity contribution is 0.0980. The van der Waals surface area contributed by atoms with Gasteiger partial charge in [-0.15, -0.1) is 0 Å². The molecule has 0 saturated heterocycles. The molecular weight excluding hydrogens is 332 g/mol. The summed E-state index contributed by atoms with van der Waals surface area (Å²) in [6.07, 6.45) is 1.11. The number of ether oxygens (including phenoxy) is 1. The van der Waals surface area contributed by atoms with Crippen molar-refractivity contribution in [1.82, 2.24) is 0 Å². The summed E-state index contributed by atoms with van der Waals surface area (Å²) in [5.74, 6) is 0.948. The maximum Gasteiger partial charge on any atom is 0.164 e. The first-order valence-electron chi connectivity index (χ1n) is 6.79. The molecule has 0 aromatic heterocycles. The molecule has 0 bridgehead atoms. The normalized spacial score (nSPS) is 11.9. The first-order valence-corrected chi connectivity index (χ1v) is 7.71. The van der Waals surface area contributed by atoms with E-state index in [0.717, 1.165) is 12.2 Å². The quantitative estimate of drug-likeness (QED) is 0.602. The first-order chi connectivity index (χ1) is 10.1. The van der Waals surface area contributed by atoms with Crippen LogP contribution in [-0.4, -0.2) is 22.3 Å². The topological polar surface area (TPSA) is 46.5 Å². The molecule has 0 spiro atoms. The van der Waals surface area contributed by atoms with Gasteiger partial charge < -0.3 is 9.84 Å². The molecule has 0 fully saturated rings. The summed E-state index contributed by atoms with van der Waals surface area (Å²) in [7, 11) is 0. The number of halogens is 1. The van der Waals surface area contributed by atoms with Gasteiger partial charge in [-0.1, -0.05) is 46.3 Å². The van der Waals surface area contributed by atoms with Crippen molar-refractivity contribution in [3.05, 3.63) is 60.2 Å². The number of ketones is 1. The highest BCUT2D eigenvalue weighted by molar-refractivity contribution is 9.09. The fraction of sp³-hybridized carbons (Fsp3) is 0.235. The minimum atomic E-state index is 0.00693. The van der Waals surface area contributed by atoms with Gasteiger partial charge >= 0.3 is 0 Å². The third-order valence-corrected chi connectivity index (χ3v) is 3.80. The second-order valence-electron chi connectivity index (χ2n) is 4.73. The van der Waals surface area contributed by atoms with E-state index in [4.69, 9.17) is 4.74 Å². The maximum atomic E-state index is 12.1. The first kappa shape index (κ1) is 15.6. The zero-order valence-electron chi connectivity index (χ0n) is 11.5. The number of Topliss-reactive ketones (excluding diaryl/α,β-unsaturated/α-hetero) is 1. The third-order valence-electron chi connectivity index (χ3n) is 3.02. The SMILES string of the molecule is O=C(CC(Br)CCOc1ccccc1)c1cccc(O)c1. The summed E-state index contributed by atoms with van der Waals surface area (Å²) in [4.78, 5) is 12.1. The zero-order valence-corrected chi connectivity index (χ0v) is 13.1. The highest BCUT2D eigenvalue weighted by atomic mass is 79.9. The third kappa shape index (κ3) is 5.23. The van der Waals surface area contributed by atoms with E-state index in [1.54, 1.807) is 18.2 Å². The minimum Gasteiger partial charge on any atom is -0.508 e. The number of hydrogen-bond acceptors (Lipinski definition) is 3. The predicted molar refractivity (Wildman–Crippen MR) is 86.3 cm³/mol. The Morgan fingerprint density at radius 1 is 1.14 bits per heavy atom. The van der Waals surface area contributed by atoms with Gasteiger partial charge in [0.25, 0.3) is 0 Å². The number of carbonyl (C=O) groups excluding carboxylic acids is 1. The van der Waals surface area contributed by atoms with Crippen LogP contribution in [0, 0.1) is 0 Å². The van der Waals surface area contributed by atoms with Crippen molar-refractivity contribution >= 4 is 21.7 Å². The molecule has 3 nitrogen and oxygen atoms in total. The Morgan fingerprint density at radius 2 is 1.90 bits per heavy atom. The van der Waals surface area contributed by atoms with Crippen LogP contribution in [0.25, 0.3) is 0 Å². The number of hydrogen-bond donors (Lipinski definition) is 1. The molecule has 0 aliphatic heterocycles. The molecular formula is C17H17BrO3. The molecule has 0 radical (unpaired) electrons. The van der Waals surface area contributed by atoms with Gasteiger partial charge in [0.1, 0.15) is 11.5 Å². The highest BCUT2D eigenvalue weighted by Crippen LogP contribution is 2.18. The Bertz CT molecular complexity index is 584. The minimum absolute atomic E-state index is 0.00693. The van der Waals surface area contributed by atoms with Crippen LogP contribution in [0.3, 0.4) is 0 Å². The largest absolute Gasteiger partial charge is 0.508 e. The van der Waals surface area contributed by atoms with Crippen molar-refractivity contribution in [2.24, 2.45) is 0 Å². The van der Waals surface area contributed by atoms with Gasteiger partial charge in [0.05, 0.1) is 6.61 Å². The Kier molecular flexibility index (Phi) is 5.81. The summed E-state index contributed by atoms with van der Waals surface area (Å²) < 4.78 is 5.60. The molecule has 110 valence electrons. The molecule has 0 amide bonds. The van der Waals surface area contributed by atoms with Crippen molar-refractivity contribution in [2.45, 2.75) is 17.7 Å².